The van der Waals surface area contributed by atoms with Crippen LogP contribution in [0, 0.1) is 0 Å². The summed E-state index contributed by atoms with van der Waals surface area (Å²) in [5, 5.41) is 3.86. The summed E-state index contributed by atoms with van der Waals surface area (Å²) in [6.07, 6.45) is 0. The molecule has 1 aromatic heterocycles. The molecule has 0 radical (unpaired) electrons. The number of nitrogens with zero attached hydrogens (tertiary/aromatic N) is 2. The van der Waals surface area contributed by atoms with Crippen LogP contribution in [-0.4, -0.2) is 15.9 Å². The Morgan fingerprint density at radius 1 is 1.22 bits per heavy atom. The van der Waals surface area contributed by atoms with E-state index in [0.29, 0.717) is 23.2 Å². The summed E-state index contributed by atoms with van der Waals surface area (Å²) in [7, 11) is 0. The Kier molecular flexibility index (Phi) is 2.27. The summed E-state index contributed by atoms with van der Waals surface area (Å²) in [4.78, 5) is 4.16. The van der Waals surface area contributed by atoms with Crippen LogP contribution in [0.5, 0.6) is 11.5 Å². The predicted octanol–water partition coefficient (Wildman–Crippen LogP) is 1.70. The van der Waals surface area contributed by atoms with Gasteiger partial charge in [0.05, 0.1) is 6.54 Å². The van der Waals surface area contributed by atoms with Crippen molar-refractivity contribution < 1.29 is 14.0 Å². The molecule has 0 atom stereocenters. The lowest BCUT2D eigenvalue weighted by Crippen LogP contribution is -2.29. The van der Waals surface area contributed by atoms with Crippen molar-refractivity contribution in [1.29, 1.82) is 0 Å². The van der Waals surface area contributed by atoms with Crippen molar-refractivity contribution in [2.45, 2.75) is 26.2 Å². The summed E-state index contributed by atoms with van der Waals surface area (Å²) in [5.41, 5.74) is 6.23. The van der Waals surface area contributed by atoms with Crippen molar-refractivity contribution in [3.8, 4) is 22.9 Å². The number of nitrogens with two attached hydrogens (primary N) is 1. The zero-order valence-electron chi connectivity index (χ0n) is 10.1. The van der Waals surface area contributed by atoms with Crippen LogP contribution in [-0.2, 0) is 6.54 Å². The minimum atomic E-state index is -0.638. The van der Waals surface area contributed by atoms with Gasteiger partial charge in [0, 0.05) is 19.4 Å². The average molecular weight is 247 g/mol. The largest absolute Gasteiger partial charge is 0.449 e. The molecule has 0 saturated heterocycles. The first-order valence-electron chi connectivity index (χ1n) is 5.62. The van der Waals surface area contributed by atoms with Crippen LogP contribution in [0.1, 0.15) is 19.7 Å². The van der Waals surface area contributed by atoms with Crippen molar-refractivity contribution in [1.82, 2.24) is 10.1 Å². The minimum Gasteiger partial charge on any atom is -0.449 e. The quantitative estimate of drug-likeness (QED) is 0.869. The molecule has 2 heterocycles. The number of aromatic nitrogens is 2. The van der Waals surface area contributed by atoms with Crippen molar-refractivity contribution >= 4 is 0 Å². The molecule has 6 heteroatoms. The minimum absolute atomic E-state index is 0.227. The molecule has 18 heavy (non-hydrogen) atoms. The normalized spacial score (nSPS) is 15.9. The average Bonchev–Trinajstić information content (AvgIpc) is 2.89. The van der Waals surface area contributed by atoms with Gasteiger partial charge >= 0.3 is 0 Å². The van der Waals surface area contributed by atoms with Gasteiger partial charge in [-0.15, -0.1) is 0 Å². The molecule has 0 unspecified atom stereocenters. The maximum absolute atomic E-state index is 5.66. The highest BCUT2D eigenvalue weighted by Crippen LogP contribution is 2.41. The van der Waals surface area contributed by atoms with Crippen LogP contribution in [0.3, 0.4) is 0 Å². The molecule has 1 aromatic carbocycles. The van der Waals surface area contributed by atoms with Crippen LogP contribution < -0.4 is 15.2 Å². The smallest absolute Gasteiger partial charge is 0.246 e. The summed E-state index contributed by atoms with van der Waals surface area (Å²) in [6.45, 7) is 3.94. The molecule has 2 N–H and O–H groups in total. The molecule has 3 rings (SSSR count). The van der Waals surface area contributed by atoms with Gasteiger partial charge in [0.15, 0.2) is 11.5 Å². The van der Waals surface area contributed by atoms with Gasteiger partial charge in [0.25, 0.3) is 0 Å². The highest BCUT2D eigenvalue weighted by molar-refractivity contribution is 5.61. The van der Waals surface area contributed by atoms with Crippen LogP contribution in [0.15, 0.2) is 22.7 Å². The highest BCUT2D eigenvalue weighted by Gasteiger charge is 2.31. The molecule has 2 aromatic rings. The maximum Gasteiger partial charge on any atom is 0.246 e. The third-order valence-electron chi connectivity index (χ3n) is 2.56. The van der Waals surface area contributed by atoms with Crippen LogP contribution in [0.2, 0.25) is 0 Å². The van der Waals surface area contributed by atoms with Gasteiger partial charge in [-0.3, -0.25) is 0 Å². The van der Waals surface area contributed by atoms with Crippen molar-refractivity contribution in [3.63, 3.8) is 0 Å². The van der Waals surface area contributed by atoms with Crippen molar-refractivity contribution in [3.05, 3.63) is 24.1 Å². The number of hydrogen-bond donors (Lipinski definition) is 1. The van der Waals surface area contributed by atoms with E-state index in [1.807, 2.05) is 32.0 Å². The first-order valence-corrected chi connectivity index (χ1v) is 5.62. The third-order valence-corrected chi connectivity index (χ3v) is 2.56. The standard InChI is InChI=1S/C12H13N3O3/c1-12(2)16-8-4-3-7(5-9(8)17-12)11-14-10(6-13)18-15-11/h3-5H,6,13H2,1-2H3. The molecule has 0 aliphatic carbocycles. The fourth-order valence-corrected chi connectivity index (χ4v) is 1.82. The Labute approximate surface area is 104 Å². The van der Waals surface area contributed by atoms with E-state index >= 15 is 0 Å². The van der Waals surface area contributed by atoms with E-state index in [-0.39, 0.29) is 6.54 Å². The zero-order chi connectivity index (χ0) is 12.8. The molecule has 94 valence electrons. The Morgan fingerprint density at radius 3 is 2.72 bits per heavy atom. The SMILES string of the molecule is CC1(C)Oc2ccc(-c3noc(CN)n3)cc2O1. The molecule has 0 saturated carbocycles. The van der Waals surface area contributed by atoms with Crippen molar-refractivity contribution in [2.75, 3.05) is 0 Å². The number of hydrogen-bond acceptors (Lipinski definition) is 6. The number of fused-ring (bicyclic) bond motifs is 1. The van der Waals surface area contributed by atoms with E-state index in [2.05, 4.69) is 10.1 Å². The lowest BCUT2D eigenvalue weighted by molar-refractivity contribution is -0.0431. The predicted molar refractivity (Wildman–Crippen MR) is 63.0 cm³/mol. The zero-order valence-corrected chi connectivity index (χ0v) is 10.1. The van der Waals surface area contributed by atoms with Crippen LogP contribution >= 0.6 is 0 Å². The summed E-state index contributed by atoms with van der Waals surface area (Å²) in [5.74, 6) is 1.65. The van der Waals surface area contributed by atoms with Crippen LogP contribution in [0.4, 0.5) is 0 Å². The van der Waals surface area contributed by atoms with Gasteiger partial charge in [-0.1, -0.05) is 5.16 Å². The first-order chi connectivity index (χ1) is 8.57. The van der Waals surface area contributed by atoms with E-state index in [1.54, 1.807) is 0 Å². The summed E-state index contributed by atoms with van der Waals surface area (Å²) < 4.78 is 16.2. The van der Waals surface area contributed by atoms with Gasteiger partial charge in [-0.2, -0.15) is 4.98 Å². The van der Waals surface area contributed by atoms with E-state index in [4.69, 9.17) is 19.7 Å². The lowest BCUT2D eigenvalue weighted by atomic mass is 10.2. The number of ether oxygens (including phenoxy) is 2. The topological polar surface area (TPSA) is 83.4 Å². The van der Waals surface area contributed by atoms with Gasteiger partial charge in [-0.05, 0) is 18.2 Å². The van der Waals surface area contributed by atoms with Gasteiger partial charge in [-0.25, -0.2) is 0 Å². The third kappa shape index (κ3) is 1.80. The molecule has 6 nitrogen and oxygen atoms in total. The second-order valence-electron chi connectivity index (χ2n) is 4.48. The van der Waals surface area contributed by atoms with E-state index in [9.17, 15) is 0 Å². The summed E-state index contributed by atoms with van der Waals surface area (Å²) >= 11 is 0. The highest BCUT2D eigenvalue weighted by atomic mass is 16.7. The van der Waals surface area contributed by atoms with Crippen LogP contribution in [0.25, 0.3) is 11.4 Å². The fourth-order valence-electron chi connectivity index (χ4n) is 1.82. The van der Waals surface area contributed by atoms with Gasteiger partial charge in [0.2, 0.25) is 17.5 Å². The molecule has 0 spiro atoms. The molecule has 0 fully saturated rings. The molecular formula is C12H13N3O3. The number of benzene rings is 1. The monoisotopic (exact) mass is 247 g/mol. The maximum atomic E-state index is 5.66. The number of rotatable bonds is 2. The van der Waals surface area contributed by atoms with E-state index in [0.717, 1.165) is 5.56 Å². The summed E-state index contributed by atoms with van der Waals surface area (Å²) in [6, 6.07) is 5.52. The second-order valence-corrected chi connectivity index (χ2v) is 4.48. The second kappa shape index (κ2) is 3.71. The first kappa shape index (κ1) is 11.0. The lowest BCUT2D eigenvalue weighted by Gasteiger charge is -2.16. The molecular weight excluding hydrogens is 234 g/mol. The van der Waals surface area contributed by atoms with Crippen molar-refractivity contribution in [2.24, 2.45) is 5.73 Å². The molecule has 0 amide bonds. The van der Waals surface area contributed by atoms with Gasteiger partial charge in [0.1, 0.15) is 0 Å². The van der Waals surface area contributed by atoms with E-state index in [1.165, 1.54) is 0 Å². The Bertz CT molecular complexity index is 592. The Morgan fingerprint density at radius 2 is 2.00 bits per heavy atom. The molecule has 1 aliphatic heterocycles. The molecule has 1 aliphatic rings. The van der Waals surface area contributed by atoms with E-state index < -0.39 is 5.79 Å². The molecule has 0 bridgehead atoms. The van der Waals surface area contributed by atoms with Gasteiger partial charge < -0.3 is 19.7 Å². The fraction of sp³-hybridized carbons (Fsp3) is 0.333. The Balaban J connectivity index is 1.97. The Hall–Kier alpha value is -2.08.